The van der Waals surface area contributed by atoms with Gasteiger partial charge in [-0.2, -0.15) is 0 Å². The highest BCUT2D eigenvalue weighted by molar-refractivity contribution is 5.78. The zero-order chi connectivity index (χ0) is 12.7. The highest BCUT2D eigenvalue weighted by Gasteiger charge is 2.17. The summed E-state index contributed by atoms with van der Waals surface area (Å²) in [4.78, 5) is 12.0. The van der Waals surface area contributed by atoms with Gasteiger partial charge in [0.1, 0.15) is 0 Å². The Hall–Kier alpha value is -1.31. The number of carbonyl (C=O) groups excluding carboxylic acids is 1. The smallest absolute Gasteiger partial charge is 0.223 e. The van der Waals surface area contributed by atoms with E-state index in [-0.39, 0.29) is 11.8 Å². The SMILES string of the molecule is CCC(CC(C)C)C(=O)NCc1ccccc1. The van der Waals surface area contributed by atoms with E-state index in [1.807, 2.05) is 30.3 Å². The Balaban J connectivity index is 2.42. The first kappa shape index (κ1) is 13.8. The molecule has 2 heteroatoms. The van der Waals surface area contributed by atoms with Gasteiger partial charge in [-0.25, -0.2) is 0 Å². The van der Waals surface area contributed by atoms with Crippen molar-refractivity contribution in [3.05, 3.63) is 35.9 Å². The van der Waals surface area contributed by atoms with Gasteiger partial charge in [-0.05, 0) is 24.3 Å². The van der Waals surface area contributed by atoms with Crippen LogP contribution in [0.1, 0.15) is 39.2 Å². The molecule has 1 N–H and O–H groups in total. The second-order valence-corrected chi connectivity index (χ2v) is 4.94. The average Bonchev–Trinajstić information content (AvgIpc) is 2.34. The lowest BCUT2D eigenvalue weighted by molar-refractivity contribution is -0.125. The summed E-state index contributed by atoms with van der Waals surface area (Å²) in [7, 11) is 0. The lowest BCUT2D eigenvalue weighted by Crippen LogP contribution is -2.30. The van der Waals surface area contributed by atoms with Crippen LogP contribution in [0.3, 0.4) is 0 Å². The van der Waals surface area contributed by atoms with Crippen LogP contribution < -0.4 is 5.32 Å². The molecule has 94 valence electrons. The Morgan fingerprint density at radius 2 is 1.88 bits per heavy atom. The van der Waals surface area contributed by atoms with E-state index >= 15 is 0 Å². The Morgan fingerprint density at radius 3 is 2.41 bits per heavy atom. The molecule has 0 saturated carbocycles. The maximum Gasteiger partial charge on any atom is 0.223 e. The molecule has 0 heterocycles. The predicted octanol–water partition coefficient (Wildman–Crippen LogP) is 3.38. The molecular formula is C15H23NO. The highest BCUT2D eigenvalue weighted by Crippen LogP contribution is 2.15. The molecule has 1 unspecified atom stereocenters. The molecule has 17 heavy (non-hydrogen) atoms. The monoisotopic (exact) mass is 233 g/mol. The number of carbonyl (C=O) groups is 1. The van der Waals surface area contributed by atoms with Gasteiger partial charge >= 0.3 is 0 Å². The van der Waals surface area contributed by atoms with Crippen molar-refractivity contribution in [3.8, 4) is 0 Å². The van der Waals surface area contributed by atoms with E-state index in [9.17, 15) is 4.79 Å². The Bertz CT molecular complexity index is 332. The van der Waals surface area contributed by atoms with E-state index in [0.717, 1.165) is 18.4 Å². The molecule has 0 bridgehead atoms. The predicted molar refractivity (Wildman–Crippen MR) is 71.5 cm³/mol. The Morgan fingerprint density at radius 1 is 1.24 bits per heavy atom. The molecule has 1 aromatic carbocycles. The maximum absolute atomic E-state index is 12.0. The molecule has 1 amide bonds. The third-order valence-corrected chi connectivity index (χ3v) is 2.93. The fraction of sp³-hybridized carbons (Fsp3) is 0.533. The maximum atomic E-state index is 12.0. The molecular weight excluding hydrogens is 210 g/mol. The molecule has 0 fully saturated rings. The van der Waals surface area contributed by atoms with E-state index in [0.29, 0.717) is 12.5 Å². The van der Waals surface area contributed by atoms with Crippen molar-refractivity contribution in [1.82, 2.24) is 5.32 Å². The van der Waals surface area contributed by atoms with E-state index in [1.165, 1.54) is 0 Å². The standard InChI is InChI=1S/C15H23NO/c1-4-14(10-12(2)3)15(17)16-11-13-8-6-5-7-9-13/h5-9,12,14H,4,10-11H2,1-3H3,(H,16,17). The quantitative estimate of drug-likeness (QED) is 0.802. The minimum atomic E-state index is 0.152. The van der Waals surface area contributed by atoms with E-state index in [1.54, 1.807) is 0 Å². The van der Waals surface area contributed by atoms with Crippen LogP contribution in [0.25, 0.3) is 0 Å². The molecule has 0 aliphatic heterocycles. The summed E-state index contributed by atoms with van der Waals surface area (Å²) in [6, 6.07) is 10.0. The van der Waals surface area contributed by atoms with Crippen LogP contribution in [-0.2, 0) is 11.3 Å². The number of rotatable bonds is 6. The second-order valence-electron chi connectivity index (χ2n) is 4.94. The summed E-state index contributed by atoms with van der Waals surface area (Å²) in [5, 5.41) is 3.02. The van der Waals surface area contributed by atoms with Crippen molar-refractivity contribution >= 4 is 5.91 Å². The lowest BCUT2D eigenvalue weighted by Gasteiger charge is -2.16. The van der Waals surface area contributed by atoms with Crippen LogP contribution in [0, 0.1) is 11.8 Å². The van der Waals surface area contributed by atoms with E-state index in [4.69, 9.17) is 0 Å². The molecule has 1 aromatic rings. The van der Waals surface area contributed by atoms with Crippen molar-refractivity contribution in [2.24, 2.45) is 11.8 Å². The Labute approximate surface area is 104 Å². The largest absolute Gasteiger partial charge is 0.352 e. The summed E-state index contributed by atoms with van der Waals surface area (Å²) in [5.74, 6) is 0.909. The molecule has 0 aliphatic rings. The number of amides is 1. The van der Waals surface area contributed by atoms with Gasteiger partial charge in [0.15, 0.2) is 0 Å². The van der Waals surface area contributed by atoms with Crippen LogP contribution >= 0.6 is 0 Å². The van der Waals surface area contributed by atoms with Gasteiger partial charge in [-0.3, -0.25) is 4.79 Å². The van der Waals surface area contributed by atoms with E-state index < -0.39 is 0 Å². The molecule has 0 radical (unpaired) electrons. The molecule has 1 atom stereocenters. The minimum Gasteiger partial charge on any atom is -0.352 e. The van der Waals surface area contributed by atoms with Gasteiger partial charge in [-0.1, -0.05) is 51.1 Å². The number of hydrogen-bond acceptors (Lipinski definition) is 1. The first-order chi connectivity index (χ1) is 8.13. The van der Waals surface area contributed by atoms with Gasteiger partial charge < -0.3 is 5.32 Å². The molecule has 1 rings (SSSR count). The third-order valence-electron chi connectivity index (χ3n) is 2.93. The Kier molecular flexibility index (Phi) is 5.75. The summed E-state index contributed by atoms with van der Waals surface area (Å²) >= 11 is 0. The van der Waals surface area contributed by atoms with Crippen LogP contribution in [0.15, 0.2) is 30.3 Å². The van der Waals surface area contributed by atoms with Gasteiger partial charge in [-0.15, -0.1) is 0 Å². The van der Waals surface area contributed by atoms with Crippen LogP contribution in [0.4, 0.5) is 0 Å². The first-order valence-corrected chi connectivity index (χ1v) is 6.45. The normalized spacial score (nSPS) is 12.5. The number of benzene rings is 1. The summed E-state index contributed by atoms with van der Waals surface area (Å²) in [6.45, 7) is 7.03. The average molecular weight is 233 g/mol. The molecule has 0 spiro atoms. The van der Waals surface area contributed by atoms with Crippen molar-refractivity contribution < 1.29 is 4.79 Å². The lowest BCUT2D eigenvalue weighted by atomic mass is 9.94. The van der Waals surface area contributed by atoms with Crippen molar-refractivity contribution in [1.29, 1.82) is 0 Å². The van der Waals surface area contributed by atoms with Crippen LogP contribution in [0.2, 0.25) is 0 Å². The number of hydrogen-bond donors (Lipinski definition) is 1. The van der Waals surface area contributed by atoms with Gasteiger partial charge in [0.05, 0.1) is 0 Å². The molecule has 0 aromatic heterocycles. The second kappa shape index (κ2) is 7.10. The van der Waals surface area contributed by atoms with Crippen molar-refractivity contribution in [2.75, 3.05) is 0 Å². The van der Waals surface area contributed by atoms with Crippen molar-refractivity contribution in [3.63, 3.8) is 0 Å². The van der Waals surface area contributed by atoms with Gasteiger partial charge in [0.25, 0.3) is 0 Å². The van der Waals surface area contributed by atoms with Crippen LogP contribution in [-0.4, -0.2) is 5.91 Å². The summed E-state index contributed by atoms with van der Waals surface area (Å²) in [6.07, 6.45) is 1.88. The highest BCUT2D eigenvalue weighted by atomic mass is 16.1. The topological polar surface area (TPSA) is 29.1 Å². The summed E-state index contributed by atoms with van der Waals surface area (Å²) in [5.41, 5.74) is 1.15. The van der Waals surface area contributed by atoms with Gasteiger partial charge in [0.2, 0.25) is 5.91 Å². The minimum absolute atomic E-state index is 0.152. The zero-order valence-electron chi connectivity index (χ0n) is 11.1. The number of nitrogens with one attached hydrogen (secondary N) is 1. The van der Waals surface area contributed by atoms with Crippen molar-refractivity contribution in [2.45, 2.75) is 40.2 Å². The van der Waals surface area contributed by atoms with Gasteiger partial charge in [0, 0.05) is 12.5 Å². The molecule has 0 saturated heterocycles. The molecule has 2 nitrogen and oxygen atoms in total. The zero-order valence-corrected chi connectivity index (χ0v) is 11.1. The third kappa shape index (κ3) is 5.03. The molecule has 0 aliphatic carbocycles. The van der Waals surface area contributed by atoms with Crippen LogP contribution in [0.5, 0.6) is 0 Å². The summed E-state index contributed by atoms with van der Waals surface area (Å²) < 4.78 is 0. The fourth-order valence-corrected chi connectivity index (χ4v) is 1.96. The fourth-order valence-electron chi connectivity index (χ4n) is 1.96. The first-order valence-electron chi connectivity index (χ1n) is 6.45. The van der Waals surface area contributed by atoms with E-state index in [2.05, 4.69) is 26.1 Å².